The van der Waals surface area contributed by atoms with Crippen molar-refractivity contribution >= 4 is 23.2 Å². The van der Waals surface area contributed by atoms with Crippen molar-refractivity contribution in [3.63, 3.8) is 0 Å². The average Bonchev–Trinajstić information content (AvgIpc) is 3.28. The molecule has 4 rings (SSSR count). The minimum Gasteiger partial charge on any atom is -0.319 e. The Morgan fingerprint density at radius 3 is 2.45 bits per heavy atom. The van der Waals surface area contributed by atoms with Gasteiger partial charge in [-0.1, -0.05) is 11.6 Å². The van der Waals surface area contributed by atoms with Crippen molar-refractivity contribution in [1.29, 1.82) is 0 Å². The molecule has 33 heavy (non-hydrogen) atoms. The number of nitrogens with one attached hydrogen (secondary N) is 1. The summed E-state index contributed by atoms with van der Waals surface area (Å²) in [7, 11) is 0. The smallest absolute Gasteiger partial charge is 0.319 e. The summed E-state index contributed by atoms with van der Waals surface area (Å²) in [5, 5.41) is 10.9. The highest BCUT2D eigenvalue weighted by molar-refractivity contribution is 6.30. The van der Waals surface area contributed by atoms with Crippen molar-refractivity contribution in [2.75, 3.05) is 5.32 Å². The summed E-state index contributed by atoms with van der Waals surface area (Å²) in [6, 6.07) is 10.5. The molecular weight excluding hydrogens is 461 g/mol. The highest BCUT2D eigenvalue weighted by Gasteiger charge is 2.31. The number of nitrogens with zero attached hydrogens (tertiary/aromatic N) is 5. The molecule has 0 aliphatic rings. The van der Waals surface area contributed by atoms with Crippen LogP contribution in [-0.2, 0) is 6.18 Å². The number of hydrogen-bond acceptors (Lipinski definition) is 5. The predicted molar refractivity (Wildman–Crippen MR) is 114 cm³/mol. The van der Waals surface area contributed by atoms with Crippen LogP contribution in [-0.4, -0.2) is 30.5 Å². The fourth-order valence-corrected chi connectivity index (χ4v) is 3.20. The molecule has 0 aliphatic carbocycles. The largest absolute Gasteiger partial charge is 0.416 e. The van der Waals surface area contributed by atoms with Crippen LogP contribution >= 0.6 is 11.6 Å². The van der Waals surface area contributed by atoms with E-state index in [1.54, 1.807) is 31.2 Å². The Morgan fingerprint density at radius 2 is 1.82 bits per heavy atom. The normalized spacial score (nSPS) is 11.4. The third kappa shape index (κ3) is 4.62. The second-order valence-corrected chi connectivity index (χ2v) is 7.35. The number of benzene rings is 2. The van der Waals surface area contributed by atoms with E-state index in [9.17, 15) is 22.8 Å². The molecule has 0 saturated carbocycles. The third-order valence-corrected chi connectivity index (χ3v) is 4.88. The Morgan fingerprint density at radius 1 is 1.09 bits per heavy atom. The monoisotopic (exact) mass is 474 g/mol. The summed E-state index contributed by atoms with van der Waals surface area (Å²) in [4.78, 5) is 29.2. The zero-order valence-corrected chi connectivity index (χ0v) is 17.6. The molecule has 0 spiro atoms. The Kier molecular flexibility index (Phi) is 5.73. The number of aryl methyl sites for hydroxylation is 1. The van der Waals surface area contributed by atoms with Crippen molar-refractivity contribution in [2.24, 2.45) is 0 Å². The molecule has 0 aliphatic heterocycles. The van der Waals surface area contributed by atoms with Gasteiger partial charge in [0.2, 0.25) is 5.43 Å². The fraction of sp³-hybridized carbons (Fsp3) is 0.0952. The summed E-state index contributed by atoms with van der Waals surface area (Å²) in [6.07, 6.45) is -2.20. The molecule has 0 saturated heterocycles. The van der Waals surface area contributed by atoms with Crippen molar-refractivity contribution in [3.05, 3.63) is 93.4 Å². The molecule has 1 N–H and O–H groups in total. The van der Waals surface area contributed by atoms with E-state index in [-0.39, 0.29) is 11.4 Å². The van der Waals surface area contributed by atoms with Crippen LogP contribution in [0.25, 0.3) is 11.4 Å². The van der Waals surface area contributed by atoms with Crippen LogP contribution in [0, 0.1) is 6.92 Å². The molecule has 2 aromatic carbocycles. The number of carbonyl (C=O) groups excluding carboxylic acids is 1. The van der Waals surface area contributed by atoms with Gasteiger partial charge in [0.25, 0.3) is 5.91 Å². The Bertz CT molecular complexity index is 1380. The van der Waals surface area contributed by atoms with Crippen molar-refractivity contribution in [2.45, 2.75) is 13.1 Å². The van der Waals surface area contributed by atoms with Gasteiger partial charge in [-0.05, 0) is 49.4 Å². The van der Waals surface area contributed by atoms with Crippen molar-refractivity contribution in [3.8, 4) is 11.4 Å². The first-order valence-electron chi connectivity index (χ1n) is 9.38. The minimum atomic E-state index is -4.65. The van der Waals surface area contributed by atoms with Gasteiger partial charge in [-0.15, -0.1) is 0 Å². The molecule has 1 amide bonds. The fourth-order valence-electron chi connectivity index (χ4n) is 3.07. The van der Waals surface area contributed by atoms with Gasteiger partial charge in [0.1, 0.15) is 12.7 Å². The summed E-state index contributed by atoms with van der Waals surface area (Å²) >= 11 is 5.90. The average molecular weight is 475 g/mol. The quantitative estimate of drug-likeness (QED) is 0.481. The van der Waals surface area contributed by atoms with Crippen LogP contribution in [0.2, 0.25) is 5.02 Å². The van der Waals surface area contributed by atoms with E-state index in [1.807, 2.05) is 0 Å². The first-order chi connectivity index (χ1) is 15.6. The predicted octanol–water partition coefficient (Wildman–Crippen LogP) is 4.05. The van der Waals surface area contributed by atoms with E-state index in [2.05, 4.69) is 20.5 Å². The van der Waals surface area contributed by atoms with Gasteiger partial charge in [0.15, 0.2) is 5.69 Å². The topological polar surface area (TPSA) is 94.7 Å². The van der Waals surface area contributed by atoms with E-state index in [4.69, 9.17) is 11.6 Å². The van der Waals surface area contributed by atoms with Crippen molar-refractivity contribution in [1.82, 2.24) is 24.5 Å². The molecule has 0 atom stereocenters. The molecule has 168 valence electrons. The number of hydrogen-bond donors (Lipinski definition) is 1. The zero-order valence-electron chi connectivity index (χ0n) is 16.8. The Labute approximate surface area is 189 Å². The number of aromatic nitrogens is 5. The molecule has 0 unspecified atom stereocenters. The first-order valence-corrected chi connectivity index (χ1v) is 9.76. The van der Waals surface area contributed by atoms with Crippen LogP contribution < -0.4 is 10.7 Å². The van der Waals surface area contributed by atoms with E-state index >= 15 is 0 Å². The molecule has 8 nitrogen and oxygen atoms in total. The lowest BCUT2D eigenvalue weighted by Gasteiger charge is -2.15. The maximum absolute atomic E-state index is 13.3. The van der Waals surface area contributed by atoms with E-state index in [1.165, 1.54) is 28.1 Å². The highest BCUT2D eigenvalue weighted by Crippen LogP contribution is 2.33. The summed E-state index contributed by atoms with van der Waals surface area (Å²) < 4.78 is 42.3. The van der Waals surface area contributed by atoms with Crippen LogP contribution in [0.5, 0.6) is 0 Å². The summed E-state index contributed by atoms with van der Waals surface area (Å²) in [6.45, 7) is 1.63. The van der Waals surface area contributed by atoms with Crippen LogP contribution in [0.1, 0.15) is 21.7 Å². The van der Waals surface area contributed by atoms with Gasteiger partial charge in [-0.25, -0.2) is 14.3 Å². The Balaban J connectivity index is 1.76. The van der Waals surface area contributed by atoms with E-state index < -0.39 is 28.8 Å². The molecule has 0 fully saturated rings. The zero-order chi connectivity index (χ0) is 23.8. The lowest BCUT2D eigenvalue weighted by molar-refractivity contribution is -0.137. The maximum atomic E-state index is 13.3. The number of amides is 1. The second-order valence-electron chi connectivity index (χ2n) is 6.91. The molecular formula is C21H14ClF3N6O2. The Hall–Kier alpha value is -3.99. The lowest BCUT2D eigenvalue weighted by atomic mass is 10.1. The van der Waals surface area contributed by atoms with Crippen molar-refractivity contribution < 1.29 is 18.0 Å². The minimum absolute atomic E-state index is 0.124. The van der Waals surface area contributed by atoms with E-state index in [0.29, 0.717) is 16.4 Å². The maximum Gasteiger partial charge on any atom is 0.416 e. The van der Waals surface area contributed by atoms with Gasteiger partial charge in [-0.3, -0.25) is 9.59 Å². The molecule has 4 aromatic rings. The highest BCUT2D eigenvalue weighted by atomic mass is 35.5. The van der Waals surface area contributed by atoms with Crippen LogP contribution in [0.3, 0.4) is 0 Å². The first kappa shape index (κ1) is 22.2. The van der Waals surface area contributed by atoms with Crippen LogP contribution in [0.15, 0.2) is 66.0 Å². The number of carbonyl (C=O) groups is 1. The van der Waals surface area contributed by atoms with Gasteiger partial charge in [-0.2, -0.15) is 23.4 Å². The van der Waals surface area contributed by atoms with Gasteiger partial charge in [0.05, 0.1) is 22.6 Å². The molecule has 2 aromatic heterocycles. The third-order valence-electron chi connectivity index (χ3n) is 4.63. The lowest BCUT2D eigenvalue weighted by Crippen LogP contribution is -2.27. The molecule has 2 heterocycles. The van der Waals surface area contributed by atoms with Gasteiger partial charge in [0, 0.05) is 16.8 Å². The summed E-state index contributed by atoms with van der Waals surface area (Å²) in [5.41, 5.74) is -1.30. The number of rotatable bonds is 4. The molecule has 12 heteroatoms. The SMILES string of the molecule is Cc1cc(=O)c(C(=O)Nc2cc(C(F)(F)F)ccc2-n2cncn2)nn1-c1ccc(Cl)cc1. The molecule has 0 bridgehead atoms. The second kappa shape index (κ2) is 8.51. The molecule has 0 radical (unpaired) electrons. The van der Waals surface area contributed by atoms with Gasteiger partial charge >= 0.3 is 6.18 Å². The number of anilines is 1. The number of alkyl halides is 3. The van der Waals surface area contributed by atoms with Gasteiger partial charge < -0.3 is 5.32 Å². The number of halogens is 4. The summed E-state index contributed by atoms with van der Waals surface area (Å²) in [5.74, 6) is -0.983. The van der Waals surface area contributed by atoms with E-state index in [0.717, 1.165) is 18.2 Å². The standard InChI is InChI=1S/C21H14ClF3N6O2/c1-12-8-18(32)19(29-31(12)15-5-3-14(22)4-6-15)20(33)28-16-9-13(21(23,24)25)2-7-17(16)30-11-26-10-27-30/h2-11H,1H3,(H,28,33). The van der Waals surface area contributed by atoms with Crippen LogP contribution in [0.4, 0.5) is 18.9 Å².